The Morgan fingerprint density at radius 1 is 0.842 bits per heavy atom. The van der Waals surface area contributed by atoms with Crippen molar-refractivity contribution < 1.29 is 0 Å². The molecule has 0 radical (unpaired) electrons. The zero-order valence-electron chi connectivity index (χ0n) is 9.43. The Bertz CT molecular complexity index is 668. The summed E-state index contributed by atoms with van der Waals surface area (Å²) in [6.45, 7) is 0. The molecule has 1 aromatic carbocycles. The number of hydrogen-bond donors (Lipinski definition) is 0. The second kappa shape index (κ2) is 4.51. The van der Waals surface area contributed by atoms with E-state index in [4.69, 9.17) is 58.0 Å². The molecule has 2 aromatic rings. The van der Waals surface area contributed by atoms with E-state index in [1.165, 1.54) is 0 Å². The molecule has 0 amide bonds. The fourth-order valence-electron chi connectivity index (χ4n) is 2.09. The van der Waals surface area contributed by atoms with Gasteiger partial charge in [-0.2, -0.15) is 0 Å². The fraction of sp³-hybridized carbons (Fsp3) is 0.333. The summed E-state index contributed by atoms with van der Waals surface area (Å²) in [6.07, 6.45) is 0.834. The van der Waals surface area contributed by atoms with E-state index in [0.29, 0.717) is 40.3 Å². The molecule has 0 bridgehead atoms. The van der Waals surface area contributed by atoms with Crippen LogP contribution in [-0.2, 0) is 8.67 Å². The van der Waals surface area contributed by atoms with Crippen LogP contribution in [0.1, 0.15) is 24.2 Å². The number of hydrogen-bond acceptors (Lipinski definition) is 2. The molecule has 3 rings (SSSR count). The SMILES string of the molecule is Clc1ccc2nc3c(nc2c1)C(Cl)(Cl)CCC3(Cl)Cl. The summed E-state index contributed by atoms with van der Waals surface area (Å²) in [4.78, 5) is 8.90. The van der Waals surface area contributed by atoms with Crippen LogP contribution >= 0.6 is 58.0 Å². The Balaban J connectivity index is 2.35. The van der Waals surface area contributed by atoms with Gasteiger partial charge >= 0.3 is 0 Å². The predicted octanol–water partition coefficient (Wildman–Crippen LogP) is 5.34. The van der Waals surface area contributed by atoms with Crippen LogP contribution in [-0.4, -0.2) is 9.97 Å². The molecule has 0 fully saturated rings. The Labute approximate surface area is 135 Å². The number of nitrogens with zero attached hydrogens (tertiary/aromatic N) is 2. The van der Waals surface area contributed by atoms with Crippen molar-refractivity contribution in [3.63, 3.8) is 0 Å². The van der Waals surface area contributed by atoms with Crippen LogP contribution < -0.4 is 0 Å². The minimum absolute atomic E-state index is 0.404. The topological polar surface area (TPSA) is 25.8 Å². The average Bonchev–Trinajstić information content (AvgIpc) is 2.33. The summed E-state index contributed by atoms with van der Waals surface area (Å²) in [5, 5.41) is 0.565. The Morgan fingerprint density at radius 2 is 1.37 bits per heavy atom. The summed E-state index contributed by atoms with van der Waals surface area (Å²) in [5.41, 5.74) is 2.09. The molecule has 1 aromatic heterocycles. The number of halogens is 5. The molecule has 0 N–H and O–H groups in total. The normalized spacial score (nSPS) is 20.3. The monoisotopic (exact) mass is 354 g/mol. The van der Waals surface area contributed by atoms with E-state index in [1.54, 1.807) is 18.2 Å². The van der Waals surface area contributed by atoms with Crippen molar-refractivity contribution in [3.05, 3.63) is 34.6 Å². The van der Waals surface area contributed by atoms with Crippen LogP contribution in [0.4, 0.5) is 0 Å². The zero-order chi connectivity index (χ0) is 13.8. The number of fused-ring (bicyclic) bond motifs is 2. The van der Waals surface area contributed by atoms with Gasteiger partial charge in [-0.05, 0) is 31.0 Å². The van der Waals surface area contributed by atoms with E-state index in [1.807, 2.05) is 0 Å². The van der Waals surface area contributed by atoms with Crippen LogP contribution in [0.25, 0.3) is 11.0 Å². The van der Waals surface area contributed by atoms with Gasteiger partial charge in [0.1, 0.15) is 11.4 Å². The summed E-state index contributed by atoms with van der Waals surface area (Å²) < 4.78 is -2.25. The van der Waals surface area contributed by atoms with Crippen LogP contribution in [0, 0.1) is 0 Å². The van der Waals surface area contributed by atoms with Crippen molar-refractivity contribution in [1.29, 1.82) is 0 Å². The number of alkyl halides is 4. The van der Waals surface area contributed by atoms with Crippen LogP contribution in [0.5, 0.6) is 0 Å². The molecule has 100 valence electrons. The van der Waals surface area contributed by atoms with Gasteiger partial charge in [0, 0.05) is 5.02 Å². The smallest absolute Gasteiger partial charge is 0.161 e. The van der Waals surface area contributed by atoms with Gasteiger partial charge in [0.25, 0.3) is 0 Å². The van der Waals surface area contributed by atoms with Crippen molar-refractivity contribution >= 4 is 69.0 Å². The zero-order valence-corrected chi connectivity index (χ0v) is 13.2. The number of rotatable bonds is 0. The van der Waals surface area contributed by atoms with Gasteiger partial charge in [0.2, 0.25) is 0 Å². The maximum Gasteiger partial charge on any atom is 0.161 e. The first-order valence-electron chi connectivity index (χ1n) is 5.53. The van der Waals surface area contributed by atoms with Crippen LogP contribution in [0.15, 0.2) is 18.2 Å². The highest BCUT2D eigenvalue weighted by Crippen LogP contribution is 2.53. The summed E-state index contributed by atoms with van der Waals surface area (Å²) >= 11 is 31.1. The lowest BCUT2D eigenvalue weighted by Gasteiger charge is -2.33. The highest BCUT2D eigenvalue weighted by Gasteiger charge is 2.46. The van der Waals surface area contributed by atoms with Gasteiger partial charge in [0.15, 0.2) is 8.67 Å². The summed E-state index contributed by atoms with van der Waals surface area (Å²) in [6, 6.07) is 5.19. The van der Waals surface area contributed by atoms with Crippen molar-refractivity contribution in [2.75, 3.05) is 0 Å². The molecule has 7 heteroatoms. The van der Waals surface area contributed by atoms with Gasteiger partial charge < -0.3 is 0 Å². The fourth-order valence-corrected chi connectivity index (χ4v) is 3.16. The van der Waals surface area contributed by atoms with Gasteiger partial charge in [-0.1, -0.05) is 58.0 Å². The molecule has 0 unspecified atom stereocenters. The lowest BCUT2D eigenvalue weighted by atomic mass is 9.98. The molecule has 1 aliphatic carbocycles. The minimum atomic E-state index is -1.13. The van der Waals surface area contributed by atoms with Crippen molar-refractivity contribution in [2.24, 2.45) is 0 Å². The van der Waals surface area contributed by atoms with E-state index < -0.39 is 8.67 Å². The standard InChI is InChI=1S/C12H7Cl5N2/c13-6-1-2-7-8(5-6)19-10-9(18-7)11(14,15)3-4-12(10,16)17/h1-2,5H,3-4H2. The molecular formula is C12H7Cl5N2. The Morgan fingerprint density at radius 3 is 1.95 bits per heavy atom. The lowest BCUT2D eigenvalue weighted by Crippen LogP contribution is -2.30. The highest BCUT2D eigenvalue weighted by atomic mass is 35.5. The predicted molar refractivity (Wildman–Crippen MR) is 80.6 cm³/mol. The number of aromatic nitrogens is 2. The third-order valence-electron chi connectivity index (χ3n) is 3.07. The van der Waals surface area contributed by atoms with Gasteiger partial charge in [-0.3, -0.25) is 0 Å². The van der Waals surface area contributed by atoms with E-state index in [2.05, 4.69) is 9.97 Å². The molecule has 0 saturated carbocycles. The van der Waals surface area contributed by atoms with Crippen LogP contribution in [0.3, 0.4) is 0 Å². The van der Waals surface area contributed by atoms with Gasteiger partial charge in [0.05, 0.1) is 11.0 Å². The lowest BCUT2D eigenvalue weighted by molar-refractivity contribution is 0.551. The molecule has 1 aliphatic rings. The quantitative estimate of drug-likeness (QED) is 0.596. The maximum absolute atomic E-state index is 6.28. The molecule has 2 nitrogen and oxygen atoms in total. The van der Waals surface area contributed by atoms with Crippen molar-refractivity contribution in [2.45, 2.75) is 21.5 Å². The van der Waals surface area contributed by atoms with Gasteiger partial charge in [-0.15, -0.1) is 0 Å². The maximum atomic E-state index is 6.28. The van der Waals surface area contributed by atoms with E-state index in [0.717, 1.165) is 0 Å². The van der Waals surface area contributed by atoms with E-state index >= 15 is 0 Å². The Kier molecular flexibility index (Phi) is 3.31. The Hall–Kier alpha value is 0.0100. The first-order chi connectivity index (χ1) is 8.79. The summed E-state index contributed by atoms with van der Waals surface area (Å²) in [7, 11) is 0. The number of benzene rings is 1. The first kappa shape index (κ1) is 14.0. The first-order valence-corrected chi connectivity index (χ1v) is 7.42. The summed E-state index contributed by atoms with van der Waals surface area (Å²) in [5.74, 6) is 0. The van der Waals surface area contributed by atoms with Crippen molar-refractivity contribution in [1.82, 2.24) is 9.97 Å². The van der Waals surface area contributed by atoms with E-state index in [9.17, 15) is 0 Å². The molecule has 0 aliphatic heterocycles. The minimum Gasteiger partial charge on any atom is -0.246 e. The molecule has 19 heavy (non-hydrogen) atoms. The molecule has 0 atom stereocenters. The highest BCUT2D eigenvalue weighted by molar-refractivity contribution is 6.51. The second-order valence-corrected chi connectivity index (χ2v) is 7.87. The second-order valence-electron chi connectivity index (χ2n) is 4.46. The van der Waals surface area contributed by atoms with Gasteiger partial charge in [-0.25, -0.2) is 9.97 Å². The largest absolute Gasteiger partial charge is 0.246 e. The molecule has 0 spiro atoms. The average molecular weight is 356 g/mol. The molecule has 0 saturated heterocycles. The molecular weight excluding hydrogens is 349 g/mol. The van der Waals surface area contributed by atoms with E-state index in [-0.39, 0.29) is 0 Å². The van der Waals surface area contributed by atoms with Crippen molar-refractivity contribution in [3.8, 4) is 0 Å². The van der Waals surface area contributed by atoms with Crippen LogP contribution in [0.2, 0.25) is 5.02 Å². The molecule has 1 heterocycles. The third-order valence-corrected chi connectivity index (χ3v) is 4.78. The third kappa shape index (κ3) is 2.38.